The number of likely N-dealkylation sites (tertiary alicyclic amines) is 1. The van der Waals surface area contributed by atoms with Crippen molar-refractivity contribution in [3.8, 4) is 0 Å². The van der Waals surface area contributed by atoms with Crippen LogP contribution < -0.4 is 5.73 Å². The van der Waals surface area contributed by atoms with Crippen LogP contribution in [0.3, 0.4) is 0 Å². The summed E-state index contributed by atoms with van der Waals surface area (Å²) < 4.78 is 5.56. The summed E-state index contributed by atoms with van der Waals surface area (Å²) in [6.07, 6.45) is 3.40. The Bertz CT molecular complexity index is 312. The monoisotopic (exact) mass is 271 g/mol. The SMILES string of the molecule is CCCC(C(=O)N1CCC(OCC)CC1)C(N)=NO. The number of carbonyl (C=O) groups excluding carboxylic acids is 1. The first-order chi connectivity index (χ1) is 9.13. The highest BCUT2D eigenvalue weighted by Crippen LogP contribution is 2.18. The topological polar surface area (TPSA) is 88.2 Å². The molecular formula is C13H25N3O3. The van der Waals surface area contributed by atoms with Crippen molar-refractivity contribution in [2.24, 2.45) is 16.8 Å². The van der Waals surface area contributed by atoms with E-state index in [1.54, 1.807) is 4.90 Å². The first-order valence-corrected chi connectivity index (χ1v) is 7.01. The number of amides is 1. The maximum absolute atomic E-state index is 12.4. The molecule has 1 saturated heterocycles. The second-order valence-electron chi connectivity index (χ2n) is 4.85. The van der Waals surface area contributed by atoms with Crippen LogP contribution in [-0.2, 0) is 9.53 Å². The Balaban J connectivity index is 2.57. The Labute approximate surface area is 114 Å². The van der Waals surface area contributed by atoms with Gasteiger partial charge in [-0.3, -0.25) is 4.79 Å². The van der Waals surface area contributed by atoms with Gasteiger partial charge in [0.2, 0.25) is 5.91 Å². The van der Waals surface area contributed by atoms with E-state index in [-0.39, 0.29) is 17.8 Å². The van der Waals surface area contributed by atoms with Gasteiger partial charge in [-0.2, -0.15) is 0 Å². The highest BCUT2D eigenvalue weighted by Gasteiger charge is 2.30. The average Bonchev–Trinajstić information content (AvgIpc) is 2.44. The van der Waals surface area contributed by atoms with Crippen LogP contribution in [0.1, 0.15) is 39.5 Å². The molecule has 6 nitrogen and oxygen atoms in total. The third-order valence-corrected chi connectivity index (χ3v) is 3.50. The number of rotatable bonds is 6. The van der Waals surface area contributed by atoms with Crippen molar-refractivity contribution in [1.29, 1.82) is 0 Å². The maximum Gasteiger partial charge on any atom is 0.233 e. The Morgan fingerprint density at radius 3 is 2.58 bits per heavy atom. The first kappa shape index (κ1) is 15.8. The van der Waals surface area contributed by atoms with E-state index >= 15 is 0 Å². The summed E-state index contributed by atoms with van der Waals surface area (Å²) >= 11 is 0. The molecule has 0 bridgehead atoms. The lowest BCUT2D eigenvalue weighted by molar-refractivity contribution is -0.136. The van der Waals surface area contributed by atoms with Gasteiger partial charge in [-0.05, 0) is 26.2 Å². The summed E-state index contributed by atoms with van der Waals surface area (Å²) in [5.74, 6) is -0.524. The number of piperidine rings is 1. The maximum atomic E-state index is 12.4. The van der Waals surface area contributed by atoms with Crippen molar-refractivity contribution in [3.63, 3.8) is 0 Å². The van der Waals surface area contributed by atoms with E-state index in [4.69, 9.17) is 15.7 Å². The summed E-state index contributed by atoms with van der Waals surface area (Å²) in [6.45, 7) is 6.03. The zero-order valence-electron chi connectivity index (χ0n) is 11.8. The molecule has 0 aliphatic carbocycles. The molecule has 1 fully saturated rings. The molecule has 1 atom stereocenters. The fourth-order valence-corrected chi connectivity index (χ4v) is 2.46. The molecule has 0 radical (unpaired) electrons. The van der Waals surface area contributed by atoms with Gasteiger partial charge in [0.1, 0.15) is 0 Å². The van der Waals surface area contributed by atoms with Gasteiger partial charge in [-0.25, -0.2) is 0 Å². The molecule has 1 heterocycles. The number of nitrogens with two attached hydrogens (primary N) is 1. The Morgan fingerprint density at radius 1 is 1.47 bits per heavy atom. The van der Waals surface area contributed by atoms with Crippen molar-refractivity contribution < 1.29 is 14.7 Å². The number of hydrogen-bond acceptors (Lipinski definition) is 4. The molecular weight excluding hydrogens is 246 g/mol. The first-order valence-electron chi connectivity index (χ1n) is 7.01. The van der Waals surface area contributed by atoms with E-state index in [1.807, 2.05) is 13.8 Å². The van der Waals surface area contributed by atoms with Gasteiger partial charge in [-0.15, -0.1) is 0 Å². The molecule has 3 N–H and O–H groups in total. The molecule has 1 unspecified atom stereocenters. The quantitative estimate of drug-likeness (QED) is 0.328. The standard InChI is InChI=1S/C13H25N3O3/c1-3-5-11(12(14)15-18)13(17)16-8-6-10(7-9-16)19-4-2/h10-11,18H,3-9H2,1-2H3,(H2,14,15). The van der Waals surface area contributed by atoms with E-state index in [0.717, 1.165) is 19.3 Å². The van der Waals surface area contributed by atoms with Crippen LogP contribution in [0.2, 0.25) is 0 Å². The zero-order chi connectivity index (χ0) is 14.3. The van der Waals surface area contributed by atoms with Gasteiger partial charge in [0.05, 0.1) is 12.0 Å². The predicted octanol–water partition coefficient (Wildman–Crippen LogP) is 1.18. The molecule has 1 rings (SSSR count). The molecule has 1 aliphatic heterocycles. The van der Waals surface area contributed by atoms with Gasteiger partial charge in [0.15, 0.2) is 5.84 Å². The minimum absolute atomic E-state index is 0.0128. The van der Waals surface area contributed by atoms with E-state index < -0.39 is 5.92 Å². The minimum Gasteiger partial charge on any atom is -0.409 e. The molecule has 0 saturated carbocycles. The van der Waals surface area contributed by atoms with Gasteiger partial charge in [0, 0.05) is 19.7 Å². The van der Waals surface area contributed by atoms with Crippen LogP contribution in [0.4, 0.5) is 0 Å². The van der Waals surface area contributed by atoms with Crippen molar-refractivity contribution in [2.45, 2.75) is 45.6 Å². The highest BCUT2D eigenvalue weighted by atomic mass is 16.5. The third kappa shape index (κ3) is 4.38. The van der Waals surface area contributed by atoms with Crippen molar-refractivity contribution in [2.75, 3.05) is 19.7 Å². The third-order valence-electron chi connectivity index (χ3n) is 3.50. The molecule has 1 aliphatic rings. The molecule has 0 aromatic heterocycles. The largest absolute Gasteiger partial charge is 0.409 e. The number of nitrogens with zero attached hydrogens (tertiary/aromatic N) is 2. The predicted molar refractivity (Wildman–Crippen MR) is 73.0 cm³/mol. The summed E-state index contributed by atoms with van der Waals surface area (Å²) in [5, 5.41) is 11.8. The fourth-order valence-electron chi connectivity index (χ4n) is 2.46. The molecule has 6 heteroatoms. The number of hydrogen-bond donors (Lipinski definition) is 2. The highest BCUT2D eigenvalue weighted by molar-refractivity contribution is 6.02. The molecule has 19 heavy (non-hydrogen) atoms. The summed E-state index contributed by atoms with van der Waals surface area (Å²) in [6, 6.07) is 0. The van der Waals surface area contributed by atoms with Crippen LogP contribution in [0, 0.1) is 5.92 Å². The lowest BCUT2D eigenvalue weighted by Crippen LogP contribution is -2.46. The number of ether oxygens (including phenoxy) is 1. The van der Waals surface area contributed by atoms with Crippen molar-refractivity contribution >= 4 is 11.7 Å². The van der Waals surface area contributed by atoms with Crippen LogP contribution in [0.15, 0.2) is 5.16 Å². The van der Waals surface area contributed by atoms with Gasteiger partial charge < -0.3 is 20.6 Å². The second-order valence-corrected chi connectivity index (χ2v) is 4.85. The van der Waals surface area contributed by atoms with Gasteiger partial charge >= 0.3 is 0 Å². The summed E-state index contributed by atoms with van der Waals surface area (Å²) in [7, 11) is 0. The van der Waals surface area contributed by atoms with Crippen LogP contribution in [0.25, 0.3) is 0 Å². The van der Waals surface area contributed by atoms with E-state index in [2.05, 4.69) is 5.16 Å². The molecule has 0 spiro atoms. The fraction of sp³-hybridized carbons (Fsp3) is 0.846. The summed E-state index contributed by atoms with van der Waals surface area (Å²) in [5.41, 5.74) is 5.61. The van der Waals surface area contributed by atoms with E-state index in [0.29, 0.717) is 26.1 Å². The van der Waals surface area contributed by atoms with Crippen LogP contribution >= 0.6 is 0 Å². The van der Waals surface area contributed by atoms with Gasteiger partial charge in [-0.1, -0.05) is 18.5 Å². The van der Waals surface area contributed by atoms with Crippen molar-refractivity contribution in [1.82, 2.24) is 4.90 Å². The Morgan fingerprint density at radius 2 is 2.11 bits per heavy atom. The Hall–Kier alpha value is -1.30. The van der Waals surface area contributed by atoms with E-state index in [1.165, 1.54) is 0 Å². The minimum atomic E-state index is -0.501. The smallest absolute Gasteiger partial charge is 0.233 e. The molecule has 110 valence electrons. The van der Waals surface area contributed by atoms with Crippen LogP contribution in [-0.4, -0.2) is 47.7 Å². The normalized spacial score (nSPS) is 19.5. The molecule has 0 aromatic carbocycles. The number of oxime groups is 1. The Kier molecular flexibility index (Phi) is 6.62. The lowest BCUT2D eigenvalue weighted by Gasteiger charge is -2.33. The van der Waals surface area contributed by atoms with E-state index in [9.17, 15) is 4.79 Å². The van der Waals surface area contributed by atoms with Gasteiger partial charge in [0.25, 0.3) is 0 Å². The second kappa shape index (κ2) is 7.99. The molecule has 1 amide bonds. The molecule has 0 aromatic rings. The lowest BCUT2D eigenvalue weighted by atomic mass is 9.98. The average molecular weight is 271 g/mol. The number of carbonyl (C=O) groups is 1. The zero-order valence-corrected chi connectivity index (χ0v) is 11.8. The number of amidine groups is 1. The van der Waals surface area contributed by atoms with Crippen molar-refractivity contribution in [3.05, 3.63) is 0 Å². The van der Waals surface area contributed by atoms with Crippen LogP contribution in [0.5, 0.6) is 0 Å². The summed E-state index contributed by atoms with van der Waals surface area (Å²) in [4.78, 5) is 14.2.